The third kappa shape index (κ3) is 4.48. The minimum Gasteiger partial charge on any atom is -0.493 e. The van der Waals surface area contributed by atoms with Gasteiger partial charge in [0.05, 0.1) is 24.8 Å². The normalized spacial score (nSPS) is 12.1. The Labute approximate surface area is 114 Å². The number of rotatable bonds is 6. The van der Waals surface area contributed by atoms with Crippen molar-refractivity contribution in [3.8, 4) is 11.5 Å². The quantitative estimate of drug-likeness (QED) is 0.861. The van der Waals surface area contributed by atoms with Crippen LogP contribution in [0.4, 0.5) is 0 Å². The molecule has 0 aliphatic heterocycles. The third-order valence-electron chi connectivity index (χ3n) is 2.38. The molecule has 0 atom stereocenters. The van der Waals surface area contributed by atoms with Gasteiger partial charge in [0.2, 0.25) is 0 Å². The molecule has 0 aromatic heterocycles. The van der Waals surface area contributed by atoms with Gasteiger partial charge in [0.25, 0.3) is 0 Å². The molecule has 0 aliphatic rings. The first-order valence-electron chi connectivity index (χ1n) is 5.82. The molecule has 5 nitrogen and oxygen atoms in total. The molecule has 0 bridgehead atoms. The predicted octanol–water partition coefficient (Wildman–Crippen LogP) is 1.66. The summed E-state index contributed by atoms with van der Waals surface area (Å²) in [6.07, 6.45) is 1.15. The van der Waals surface area contributed by atoms with E-state index in [1.807, 2.05) is 6.92 Å². The van der Waals surface area contributed by atoms with Gasteiger partial charge in [-0.25, -0.2) is 8.42 Å². The van der Waals surface area contributed by atoms with Gasteiger partial charge in [-0.15, -0.1) is 0 Å². The van der Waals surface area contributed by atoms with E-state index in [1.54, 1.807) is 32.4 Å². The molecule has 1 rings (SSSR count). The molecule has 0 amide bonds. The fraction of sp³-hybridized carbons (Fsp3) is 0.385. The molecule has 1 aromatic carbocycles. The maximum absolute atomic E-state index is 11.3. The molecule has 0 unspecified atom stereocenters. The van der Waals surface area contributed by atoms with Crippen molar-refractivity contribution < 1.29 is 17.9 Å². The predicted molar refractivity (Wildman–Crippen MR) is 76.0 cm³/mol. The van der Waals surface area contributed by atoms with Crippen LogP contribution in [0, 0.1) is 0 Å². The van der Waals surface area contributed by atoms with Gasteiger partial charge in [-0.05, 0) is 25.1 Å². The van der Waals surface area contributed by atoms with Gasteiger partial charge in [0, 0.05) is 18.9 Å². The second-order valence-corrected chi connectivity index (χ2v) is 5.80. The van der Waals surface area contributed by atoms with Crippen molar-refractivity contribution in [3.63, 3.8) is 0 Å². The zero-order valence-corrected chi connectivity index (χ0v) is 12.4. The molecule has 0 radical (unpaired) electrons. The van der Waals surface area contributed by atoms with Gasteiger partial charge in [0.15, 0.2) is 21.3 Å². The van der Waals surface area contributed by atoms with E-state index in [2.05, 4.69) is 5.32 Å². The van der Waals surface area contributed by atoms with Crippen LogP contribution in [0.15, 0.2) is 23.6 Å². The summed E-state index contributed by atoms with van der Waals surface area (Å²) in [6.45, 7) is 2.38. The summed E-state index contributed by atoms with van der Waals surface area (Å²) in [6, 6.07) is 5.26. The van der Waals surface area contributed by atoms with E-state index in [-0.39, 0.29) is 0 Å². The molecular weight excluding hydrogens is 266 g/mol. The smallest absolute Gasteiger partial charge is 0.170 e. The summed E-state index contributed by atoms with van der Waals surface area (Å²) < 4.78 is 33.3. The minimum atomic E-state index is -3.22. The highest BCUT2D eigenvalue weighted by Crippen LogP contribution is 2.30. The molecule has 0 heterocycles. The van der Waals surface area contributed by atoms with Crippen LogP contribution >= 0.6 is 0 Å². The van der Waals surface area contributed by atoms with Gasteiger partial charge < -0.3 is 14.8 Å². The topological polar surface area (TPSA) is 64.6 Å². The number of methoxy groups -OCH3 is 1. The van der Waals surface area contributed by atoms with Crippen molar-refractivity contribution in [2.45, 2.75) is 6.92 Å². The van der Waals surface area contributed by atoms with E-state index in [0.29, 0.717) is 23.8 Å². The summed E-state index contributed by atoms with van der Waals surface area (Å²) in [5, 5.41) is 4.05. The van der Waals surface area contributed by atoms with Gasteiger partial charge in [-0.2, -0.15) is 0 Å². The Morgan fingerprint density at radius 2 is 2.05 bits per heavy atom. The van der Waals surface area contributed by atoms with Crippen LogP contribution in [0.1, 0.15) is 12.5 Å². The molecule has 0 fully saturated rings. The molecule has 1 aromatic rings. The molecule has 0 aliphatic carbocycles. The van der Waals surface area contributed by atoms with E-state index in [1.165, 1.54) is 5.41 Å². The maximum atomic E-state index is 11.3. The van der Waals surface area contributed by atoms with Crippen molar-refractivity contribution in [1.82, 2.24) is 5.32 Å². The van der Waals surface area contributed by atoms with E-state index in [4.69, 9.17) is 9.47 Å². The highest BCUT2D eigenvalue weighted by Gasteiger charge is 2.09. The lowest BCUT2D eigenvalue weighted by molar-refractivity contribution is 0.311. The molecule has 0 saturated heterocycles. The van der Waals surface area contributed by atoms with Gasteiger partial charge in [-0.3, -0.25) is 0 Å². The van der Waals surface area contributed by atoms with Crippen LogP contribution < -0.4 is 14.8 Å². The lowest BCUT2D eigenvalue weighted by atomic mass is 10.1. The second kappa shape index (κ2) is 6.47. The Kier molecular flexibility index (Phi) is 5.23. The van der Waals surface area contributed by atoms with Crippen LogP contribution in [0.25, 0.3) is 5.70 Å². The largest absolute Gasteiger partial charge is 0.493 e. The van der Waals surface area contributed by atoms with Crippen LogP contribution in [-0.2, 0) is 9.84 Å². The summed E-state index contributed by atoms with van der Waals surface area (Å²) in [5.74, 6) is 1.19. The second-order valence-electron chi connectivity index (χ2n) is 3.91. The summed E-state index contributed by atoms with van der Waals surface area (Å²) >= 11 is 0. The minimum absolute atomic E-state index is 0.504. The van der Waals surface area contributed by atoms with Crippen molar-refractivity contribution >= 4 is 15.5 Å². The summed E-state index contributed by atoms with van der Waals surface area (Å²) in [5.41, 5.74) is 1.23. The fourth-order valence-corrected chi connectivity index (χ4v) is 2.28. The highest BCUT2D eigenvalue weighted by molar-refractivity contribution is 7.93. The highest BCUT2D eigenvalue weighted by atomic mass is 32.2. The number of nitrogens with one attached hydrogen (secondary N) is 1. The standard InChI is InChI=1S/C13H19NO4S/c1-5-18-13-8-10(6-7-12(13)17-3)11(14-2)9-19(4,15)16/h6-9,14H,5H2,1-4H3/b11-9+. The van der Waals surface area contributed by atoms with Gasteiger partial charge in [-0.1, -0.05) is 0 Å². The molecule has 1 N–H and O–H groups in total. The van der Waals surface area contributed by atoms with E-state index in [9.17, 15) is 8.42 Å². The summed E-state index contributed by atoms with van der Waals surface area (Å²) in [4.78, 5) is 0. The Hall–Kier alpha value is -1.69. The van der Waals surface area contributed by atoms with Crippen molar-refractivity contribution in [2.24, 2.45) is 0 Å². The van der Waals surface area contributed by atoms with E-state index >= 15 is 0 Å². The van der Waals surface area contributed by atoms with E-state index in [0.717, 1.165) is 11.8 Å². The molecular formula is C13H19NO4S. The van der Waals surface area contributed by atoms with Gasteiger partial charge in [0.1, 0.15) is 0 Å². The molecule has 19 heavy (non-hydrogen) atoms. The van der Waals surface area contributed by atoms with Crippen molar-refractivity contribution in [3.05, 3.63) is 29.2 Å². The fourth-order valence-electron chi connectivity index (χ4n) is 1.60. The monoisotopic (exact) mass is 285 g/mol. The SMILES string of the molecule is CCOc1cc(/C(=C\S(C)(=O)=O)NC)ccc1OC. The number of sulfone groups is 1. The Balaban J connectivity index is 3.27. The number of benzene rings is 1. The van der Waals surface area contributed by atoms with Gasteiger partial charge >= 0.3 is 0 Å². The van der Waals surface area contributed by atoms with Crippen LogP contribution in [0.5, 0.6) is 11.5 Å². The zero-order chi connectivity index (χ0) is 14.5. The number of ether oxygens (including phenoxy) is 2. The lowest BCUT2D eigenvalue weighted by Crippen LogP contribution is -2.08. The zero-order valence-electron chi connectivity index (χ0n) is 11.6. The van der Waals surface area contributed by atoms with Crippen LogP contribution in [0.2, 0.25) is 0 Å². The molecule has 0 saturated carbocycles. The molecule has 6 heteroatoms. The first-order chi connectivity index (χ1) is 8.91. The number of hydrogen-bond acceptors (Lipinski definition) is 5. The van der Waals surface area contributed by atoms with Crippen LogP contribution in [-0.4, -0.2) is 35.4 Å². The third-order valence-corrected chi connectivity index (χ3v) is 3.04. The maximum Gasteiger partial charge on any atom is 0.170 e. The van der Waals surface area contributed by atoms with Crippen molar-refractivity contribution in [2.75, 3.05) is 27.0 Å². The number of hydrogen-bond donors (Lipinski definition) is 1. The van der Waals surface area contributed by atoms with Crippen molar-refractivity contribution in [1.29, 1.82) is 0 Å². The average Bonchev–Trinajstić information content (AvgIpc) is 2.35. The van der Waals surface area contributed by atoms with E-state index < -0.39 is 9.84 Å². The molecule has 0 spiro atoms. The Morgan fingerprint density at radius 3 is 2.53 bits per heavy atom. The summed E-state index contributed by atoms with van der Waals surface area (Å²) in [7, 11) is 0.00562. The first-order valence-corrected chi connectivity index (χ1v) is 7.77. The average molecular weight is 285 g/mol. The lowest BCUT2D eigenvalue weighted by Gasteiger charge is -2.12. The van der Waals surface area contributed by atoms with Crippen LogP contribution in [0.3, 0.4) is 0 Å². The Morgan fingerprint density at radius 1 is 1.37 bits per heavy atom. The molecule has 106 valence electrons. The Bertz CT molecular complexity index is 564. The first kappa shape index (κ1) is 15.4.